The summed E-state index contributed by atoms with van der Waals surface area (Å²) in [5.41, 5.74) is 1.93. The highest BCUT2D eigenvalue weighted by Gasteiger charge is 2.18. The van der Waals surface area contributed by atoms with E-state index in [4.69, 9.17) is 0 Å². The summed E-state index contributed by atoms with van der Waals surface area (Å²) in [5.74, 6) is -0.284. The quantitative estimate of drug-likeness (QED) is 0.557. The number of thiazole rings is 1. The Morgan fingerprint density at radius 2 is 1.97 bits per heavy atom. The number of nitrogens with one attached hydrogen (secondary N) is 2. The van der Waals surface area contributed by atoms with Crippen LogP contribution in [0.5, 0.6) is 0 Å². The number of benzene rings is 1. The van der Waals surface area contributed by atoms with E-state index in [1.54, 1.807) is 11.3 Å². The lowest BCUT2D eigenvalue weighted by atomic mass is 10.2. The summed E-state index contributed by atoms with van der Waals surface area (Å²) in [6, 6.07) is 9.54. The van der Waals surface area contributed by atoms with E-state index >= 15 is 0 Å². The van der Waals surface area contributed by atoms with Crippen molar-refractivity contribution >= 4 is 60.5 Å². The highest BCUT2D eigenvalue weighted by molar-refractivity contribution is 7.29. The summed E-state index contributed by atoms with van der Waals surface area (Å²) in [7, 11) is 3.90. The van der Waals surface area contributed by atoms with Gasteiger partial charge >= 0.3 is 0 Å². The second-order valence-corrected chi connectivity index (χ2v) is 10.1. The third-order valence-corrected chi connectivity index (χ3v) is 7.48. The number of aromatic nitrogens is 1. The standard InChI is InChI=1S/C22H27N5O2S2/c1-14(23-20(29)17-13-18-21(30-17)25-22(31-18)26(2)3)11-19(28)24-15-7-6-8-16(12-15)27-9-4-5-10-27/h6-8,12-14H,4-5,9-11H2,1-3H3,(H,23,29)(H,24,28). The fourth-order valence-electron chi connectivity index (χ4n) is 3.62. The summed E-state index contributed by atoms with van der Waals surface area (Å²) < 4.78 is 1.00. The van der Waals surface area contributed by atoms with Crippen molar-refractivity contribution in [3.8, 4) is 0 Å². The lowest BCUT2D eigenvalue weighted by molar-refractivity contribution is -0.116. The van der Waals surface area contributed by atoms with Gasteiger partial charge in [-0.15, -0.1) is 11.3 Å². The monoisotopic (exact) mass is 457 g/mol. The number of hydrogen-bond donors (Lipinski definition) is 2. The third-order valence-electron chi connectivity index (χ3n) is 5.15. The van der Waals surface area contributed by atoms with Gasteiger partial charge in [0.15, 0.2) is 5.13 Å². The van der Waals surface area contributed by atoms with Gasteiger partial charge in [-0.25, -0.2) is 4.98 Å². The number of hydrogen-bond acceptors (Lipinski definition) is 7. The Bertz CT molecular complexity index is 1050. The maximum absolute atomic E-state index is 12.6. The maximum Gasteiger partial charge on any atom is 0.261 e. The van der Waals surface area contributed by atoms with E-state index in [9.17, 15) is 9.59 Å². The van der Waals surface area contributed by atoms with Crippen LogP contribution in [0.3, 0.4) is 0 Å². The van der Waals surface area contributed by atoms with Crippen molar-refractivity contribution < 1.29 is 9.59 Å². The molecule has 2 N–H and O–H groups in total. The molecule has 0 radical (unpaired) electrons. The lowest BCUT2D eigenvalue weighted by Crippen LogP contribution is -2.35. The fourth-order valence-corrected chi connectivity index (χ4v) is 5.66. The zero-order valence-electron chi connectivity index (χ0n) is 18.0. The zero-order valence-corrected chi connectivity index (χ0v) is 19.6. The van der Waals surface area contributed by atoms with Crippen LogP contribution in [-0.4, -0.2) is 50.0 Å². The minimum atomic E-state index is -0.278. The van der Waals surface area contributed by atoms with Gasteiger partial charge in [0.2, 0.25) is 5.91 Å². The van der Waals surface area contributed by atoms with E-state index in [0.717, 1.165) is 39.1 Å². The van der Waals surface area contributed by atoms with Gasteiger partial charge < -0.3 is 20.4 Å². The van der Waals surface area contributed by atoms with Crippen LogP contribution < -0.4 is 20.4 Å². The molecular formula is C22H27N5O2S2. The third kappa shape index (κ3) is 5.16. The molecule has 31 heavy (non-hydrogen) atoms. The Balaban J connectivity index is 1.31. The van der Waals surface area contributed by atoms with Crippen LogP contribution in [-0.2, 0) is 4.79 Å². The number of nitrogens with zero attached hydrogens (tertiary/aromatic N) is 3. The van der Waals surface area contributed by atoms with E-state index in [0.29, 0.717) is 4.88 Å². The topological polar surface area (TPSA) is 77.6 Å². The number of fused-ring (bicyclic) bond motifs is 1. The summed E-state index contributed by atoms with van der Waals surface area (Å²) in [4.78, 5) is 35.4. The molecule has 0 aliphatic carbocycles. The Morgan fingerprint density at radius 1 is 1.19 bits per heavy atom. The number of thiophene rings is 1. The van der Waals surface area contributed by atoms with Gasteiger partial charge in [-0.3, -0.25) is 9.59 Å². The first-order valence-corrected chi connectivity index (χ1v) is 12.1. The lowest BCUT2D eigenvalue weighted by Gasteiger charge is -2.19. The molecule has 0 bridgehead atoms. The van der Waals surface area contributed by atoms with Crippen molar-refractivity contribution in [1.82, 2.24) is 10.3 Å². The predicted octanol–water partition coefficient (Wildman–Crippen LogP) is 4.17. The van der Waals surface area contributed by atoms with Crippen LogP contribution in [0.2, 0.25) is 0 Å². The molecule has 1 saturated heterocycles. The molecule has 1 unspecified atom stereocenters. The minimum absolute atomic E-state index is 0.115. The SMILES string of the molecule is CC(CC(=O)Nc1cccc(N2CCCC2)c1)NC(=O)c1cc2sc(N(C)C)nc2s1. The largest absolute Gasteiger partial charge is 0.371 e. The van der Waals surface area contributed by atoms with Crippen LogP contribution >= 0.6 is 22.7 Å². The van der Waals surface area contributed by atoms with Crippen LogP contribution in [0.25, 0.3) is 9.53 Å². The first kappa shape index (κ1) is 21.6. The normalized spacial score (nSPS) is 14.6. The Kier molecular flexibility index (Phi) is 6.43. The second kappa shape index (κ2) is 9.23. The minimum Gasteiger partial charge on any atom is -0.371 e. The van der Waals surface area contributed by atoms with Gasteiger partial charge in [0.05, 0.1) is 9.58 Å². The molecular weight excluding hydrogens is 430 g/mol. The van der Waals surface area contributed by atoms with Crippen LogP contribution in [0.15, 0.2) is 30.3 Å². The molecule has 3 heterocycles. The summed E-state index contributed by atoms with van der Waals surface area (Å²) >= 11 is 2.94. The van der Waals surface area contributed by atoms with E-state index in [1.165, 1.54) is 24.2 Å². The molecule has 0 spiro atoms. The Hall–Kier alpha value is -2.65. The van der Waals surface area contributed by atoms with Gasteiger partial charge in [-0.2, -0.15) is 0 Å². The molecule has 164 valence electrons. The number of carbonyl (C=O) groups is 2. The van der Waals surface area contributed by atoms with Crippen LogP contribution in [0, 0.1) is 0 Å². The van der Waals surface area contributed by atoms with Gasteiger partial charge in [0.1, 0.15) is 4.83 Å². The van der Waals surface area contributed by atoms with Gasteiger partial charge in [0, 0.05) is 51.0 Å². The first-order valence-electron chi connectivity index (χ1n) is 10.4. The molecule has 4 rings (SSSR count). The zero-order chi connectivity index (χ0) is 22.0. The van der Waals surface area contributed by atoms with E-state index in [-0.39, 0.29) is 24.3 Å². The second-order valence-electron chi connectivity index (χ2n) is 8.04. The van der Waals surface area contributed by atoms with Crippen molar-refractivity contribution in [2.45, 2.75) is 32.2 Å². The van der Waals surface area contributed by atoms with Gasteiger partial charge in [-0.05, 0) is 44.0 Å². The molecule has 2 amide bonds. The van der Waals surface area contributed by atoms with Gasteiger partial charge in [-0.1, -0.05) is 17.4 Å². The van der Waals surface area contributed by atoms with Crippen molar-refractivity contribution in [2.24, 2.45) is 0 Å². The average Bonchev–Trinajstić information content (AvgIpc) is 3.44. The van der Waals surface area contributed by atoms with Crippen LogP contribution in [0.4, 0.5) is 16.5 Å². The Labute approximate surface area is 190 Å². The molecule has 3 aromatic rings. The fraction of sp³-hybridized carbons (Fsp3) is 0.409. The van der Waals surface area contributed by atoms with E-state index in [2.05, 4.69) is 26.6 Å². The average molecular weight is 458 g/mol. The smallest absolute Gasteiger partial charge is 0.261 e. The molecule has 1 aromatic carbocycles. The number of amides is 2. The van der Waals surface area contributed by atoms with Crippen molar-refractivity contribution in [2.75, 3.05) is 42.3 Å². The number of carbonyl (C=O) groups excluding carboxylic acids is 2. The molecule has 0 saturated carbocycles. The Morgan fingerprint density at radius 3 is 2.68 bits per heavy atom. The number of anilines is 3. The predicted molar refractivity (Wildman–Crippen MR) is 130 cm³/mol. The van der Waals surface area contributed by atoms with Crippen molar-refractivity contribution in [3.63, 3.8) is 0 Å². The molecule has 1 aliphatic heterocycles. The molecule has 2 aromatic heterocycles. The van der Waals surface area contributed by atoms with Gasteiger partial charge in [0.25, 0.3) is 5.91 Å². The highest BCUT2D eigenvalue weighted by Crippen LogP contribution is 2.33. The molecule has 1 fully saturated rings. The molecule has 7 nitrogen and oxygen atoms in total. The summed E-state index contributed by atoms with van der Waals surface area (Å²) in [6.45, 7) is 3.97. The first-order chi connectivity index (χ1) is 14.9. The molecule has 1 atom stereocenters. The summed E-state index contributed by atoms with van der Waals surface area (Å²) in [6.07, 6.45) is 2.63. The summed E-state index contributed by atoms with van der Waals surface area (Å²) in [5, 5.41) is 6.81. The van der Waals surface area contributed by atoms with Crippen molar-refractivity contribution in [1.29, 1.82) is 0 Å². The highest BCUT2D eigenvalue weighted by atomic mass is 32.1. The van der Waals surface area contributed by atoms with Crippen LogP contribution in [0.1, 0.15) is 35.9 Å². The maximum atomic E-state index is 12.6. The number of rotatable bonds is 7. The molecule has 9 heteroatoms. The van der Waals surface area contributed by atoms with E-state index in [1.807, 2.05) is 50.2 Å². The van der Waals surface area contributed by atoms with Crippen molar-refractivity contribution in [3.05, 3.63) is 35.2 Å². The molecule has 1 aliphatic rings. The van der Waals surface area contributed by atoms with E-state index < -0.39 is 0 Å².